The molecule has 0 spiro atoms. The van der Waals surface area contributed by atoms with E-state index in [4.69, 9.17) is 5.11 Å². The first-order valence-corrected chi connectivity index (χ1v) is 5.11. The second-order valence-corrected chi connectivity index (χ2v) is 5.12. The molecule has 1 heterocycles. The van der Waals surface area contributed by atoms with E-state index in [0.717, 1.165) is 38.9 Å². The van der Waals surface area contributed by atoms with Crippen molar-refractivity contribution in [2.75, 3.05) is 26.2 Å². The highest BCUT2D eigenvalue weighted by Gasteiger charge is 2.45. The number of rotatable bonds is 3. The average molecular weight is 185 g/mol. The molecule has 1 unspecified atom stereocenters. The normalized spacial score (nSPS) is 38.1. The smallest absolute Gasteiger partial charge is 0.0758 e. The molecule has 3 heteroatoms. The number of aliphatic hydroxyl groups is 2. The molecular weight excluding hydrogens is 166 g/mol. The maximum Gasteiger partial charge on any atom is 0.0758 e. The largest absolute Gasteiger partial charge is 0.396 e. The molecule has 0 bridgehead atoms. The number of β-amino-alcohol motifs (C(OH)–C–C–N with tert-alkyl or cyclic N) is 1. The van der Waals surface area contributed by atoms with Crippen LogP contribution in [0, 0.1) is 5.41 Å². The molecule has 0 amide bonds. The van der Waals surface area contributed by atoms with Crippen molar-refractivity contribution in [1.82, 2.24) is 4.90 Å². The van der Waals surface area contributed by atoms with E-state index in [-0.39, 0.29) is 5.41 Å². The predicted molar refractivity (Wildman–Crippen MR) is 50.4 cm³/mol. The van der Waals surface area contributed by atoms with Gasteiger partial charge in [0, 0.05) is 31.7 Å². The quantitative estimate of drug-likeness (QED) is 0.661. The maximum absolute atomic E-state index is 9.75. The van der Waals surface area contributed by atoms with E-state index in [1.807, 2.05) is 6.92 Å². The summed E-state index contributed by atoms with van der Waals surface area (Å²) in [5.41, 5.74) is -0.300. The van der Waals surface area contributed by atoms with Gasteiger partial charge in [0.2, 0.25) is 0 Å². The van der Waals surface area contributed by atoms with E-state index in [1.165, 1.54) is 0 Å². The van der Waals surface area contributed by atoms with Crippen LogP contribution < -0.4 is 0 Å². The molecule has 1 saturated carbocycles. The first kappa shape index (κ1) is 9.44. The van der Waals surface area contributed by atoms with Gasteiger partial charge in [0.1, 0.15) is 0 Å². The summed E-state index contributed by atoms with van der Waals surface area (Å²) in [6.07, 6.45) is 3.18. The Kier molecular flexibility index (Phi) is 2.13. The highest BCUT2D eigenvalue weighted by atomic mass is 16.3. The van der Waals surface area contributed by atoms with Gasteiger partial charge in [-0.2, -0.15) is 0 Å². The maximum atomic E-state index is 9.75. The standard InChI is InChI=1S/C10H19NO2/c1-9(13)4-5-11(6-9)7-10(8-12)2-3-10/h12-13H,2-8H2,1H3. The fraction of sp³-hybridized carbons (Fsp3) is 1.00. The second kappa shape index (κ2) is 2.94. The summed E-state index contributed by atoms with van der Waals surface area (Å²) < 4.78 is 0. The molecule has 2 aliphatic rings. The van der Waals surface area contributed by atoms with E-state index >= 15 is 0 Å². The molecule has 0 aromatic heterocycles. The zero-order valence-electron chi connectivity index (χ0n) is 8.29. The van der Waals surface area contributed by atoms with Crippen molar-refractivity contribution in [1.29, 1.82) is 0 Å². The summed E-state index contributed by atoms with van der Waals surface area (Å²) in [5.74, 6) is 0. The van der Waals surface area contributed by atoms with E-state index < -0.39 is 5.60 Å². The second-order valence-electron chi connectivity index (χ2n) is 5.12. The van der Waals surface area contributed by atoms with Gasteiger partial charge in [0.25, 0.3) is 0 Å². The summed E-state index contributed by atoms with van der Waals surface area (Å²) in [7, 11) is 0. The minimum absolute atomic E-state index is 0.195. The summed E-state index contributed by atoms with van der Waals surface area (Å²) in [5, 5.41) is 18.9. The SMILES string of the molecule is CC1(O)CCN(CC2(CO)CC2)C1. The predicted octanol–water partition coefficient (Wildman–Crippen LogP) is 0.216. The van der Waals surface area contributed by atoms with Crippen LogP contribution in [0.3, 0.4) is 0 Å². The Balaban J connectivity index is 1.84. The fourth-order valence-electron chi connectivity index (χ4n) is 2.19. The van der Waals surface area contributed by atoms with Crippen LogP contribution in [0.4, 0.5) is 0 Å². The average Bonchev–Trinajstić information content (AvgIpc) is 2.74. The Labute approximate surface area is 79.4 Å². The van der Waals surface area contributed by atoms with Crippen LogP contribution in [-0.2, 0) is 0 Å². The van der Waals surface area contributed by atoms with Gasteiger partial charge in [0.05, 0.1) is 5.60 Å². The third-order valence-electron chi connectivity index (χ3n) is 3.38. The minimum atomic E-state index is -0.495. The summed E-state index contributed by atoms with van der Waals surface area (Å²) >= 11 is 0. The van der Waals surface area contributed by atoms with Crippen LogP contribution in [0.2, 0.25) is 0 Å². The lowest BCUT2D eigenvalue weighted by Gasteiger charge is -2.22. The van der Waals surface area contributed by atoms with Crippen molar-refractivity contribution in [3.8, 4) is 0 Å². The Bertz CT molecular complexity index is 199. The number of aliphatic hydroxyl groups excluding tert-OH is 1. The highest BCUT2D eigenvalue weighted by Crippen LogP contribution is 2.46. The molecule has 3 nitrogen and oxygen atoms in total. The minimum Gasteiger partial charge on any atom is -0.396 e. The van der Waals surface area contributed by atoms with Crippen molar-refractivity contribution in [2.24, 2.45) is 5.41 Å². The Hall–Kier alpha value is -0.120. The van der Waals surface area contributed by atoms with Gasteiger partial charge in [-0.3, -0.25) is 4.90 Å². The molecule has 76 valence electrons. The van der Waals surface area contributed by atoms with Gasteiger partial charge in [-0.1, -0.05) is 0 Å². The topological polar surface area (TPSA) is 43.7 Å². The summed E-state index contributed by atoms with van der Waals surface area (Å²) in [6, 6.07) is 0. The Morgan fingerprint density at radius 2 is 2.00 bits per heavy atom. The van der Waals surface area contributed by atoms with Crippen LogP contribution in [0.5, 0.6) is 0 Å². The van der Waals surface area contributed by atoms with Gasteiger partial charge < -0.3 is 10.2 Å². The van der Waals surface area contributed by atoms with Gasteiger partial charge in [-0.25, -0.2) is 0 Å². The highest BCUT2D eigenvalue weighted by molar-refractivity contribution is 4.97. The van der Waals surface area contributed by atoms with Crippen molar-refractivity contribution < 1.29 is 10.2 Å². The molecule has 2 fully saturated rings. The van der Waals surface area contributed by atoms with Crippen LogP contribution in [0.25, 0.3) is 0 Å². The fourth-order valence-corrected chi connectivity index (χ4v) is 2.19. The zero-order valence-corrected chi connectivity index (χ0v) is 8.29. The number of likely N-dealkylation sites (tertiary alicyclic amines) is 1. The van der Waals surface area contributed by atoms with Gasteiger partial charge >= 0.3 is 0 Å². The van der Waals surface area contributed by atoms with E-state index in [2.05, 4.69) is 4.90 Å². The first-order valence-electron chi connectivity index (χ1n) is 5.11. The van der Waals surface area contributed by atoms with Crippen LogP contribution in [0.1, 0.15) is 26.2 Å². The van der Waals surface area contributed by atoms with Crippen LogP contribution in [0.15, 0.2) is 0 Å². The molecule has 1 aliphatic heterocycles. The first-order chi connectivity index (χ1) is 6.05. The lowest BCUT2D eigenvalue weighted by Crippen LogP contribution is -2.34. The molecular formula is C10H19NO2. The van der Waals surface area contributed by atoms with E-state index in [1.54, 1.807) is 0 Å². The van der Waals surface area contributed by atoms with Crippen molar-refractivity contribution in [2.45, 2.75) is 31.8 Å². The van der Waals surface area contributed by atoms with Gasteiger partial charge in [0.15, 0.2) is 0 Å². The molecule has 2 N–H and O–H groups in total. The number of hydrogen-bond donors (Lipinski definition) is 2. The Morgan fingerprint density at radius 1 is 1.31 bits per heavy atom. The molecule has 13 heavy (non-hydrogen) atoms. The summed E-state index contributed by atoms with van der Waals surface area (Å²) in [6.45, 7) is 4.93. The molecule has 0 radical (unpaired) electrons. The third kappa shape index (κ3) is 2.03. The molecule has 1 aliphatic carbocycles. The molecule has 0 aromatic rings. The molecule has 1 atom stereocenters. The summed E-state index contributed by atoms with van der Waals surface area (Å²) in [4.78, 5) is 2.28. The van der Waals surface area contributed by atoms with Crippen LogP contribution >= 0.6 is 0 Å². The van der Waals surface area contributed by atoms with Gasteiger partial charge in [-0.15, -0.1) is 0 Å². The van der Waals surface area contributed by atoms with Gasteiger partial charge in [-0.05, 0) is 26.2 Å². The van der Waals surface area contributed by atoms with E-state index in [0.29, 0.717) is 6.61 Å². The number of hydrogen-bond acceptors (Lipinski definition) is 3. The van der Waals surface area contributed by atoms with E-state index in [9.17, 15) is 5.11 Å². The molecule has 2 rings (SSSR count). The van der Waals surface area contributed by atoms with Crippen molar-refractivity contribution in [3.63, 3.8) is 0 Å². The number of nitrogens with zero attached hydrogens (tertiary/aromatic N) is 1. The molecule has 0 aromatic carbocycles. The lowest BCUT2D eigenvalue weighted by atomic mass is 10.1. The monoisotopic (exact) mass is 185 g/mol. The third-order valence-corrected chi connectivity index (χ3v) is 3.38. The Morgan fingerprint density at radius 3 is 2.38 bits per heavy atom. The molecule has 1 saturated heterocycles. The van der Waals surface area contributed by atoms with Crippen molar-refractivity contribution in [3.05, 3.63) is 0 Å². The zero-order chi connectivity index (χ0) is 9.53. The lowest BCUT2D eigenvalue weighted by molar-refractivity contribution is 0.0628. The van der Waals surface area contributed by atoms with Crippen molar-refractivity contribution >= 4 is 0 Å². The van der Waals surface area contributed by atoms with Crippen LogP contribution in [-0.4, -0.2) is 47.0 Å².